The molecule has 0 amide bonds. The van der Waals surface area contributed by atoms with E-state index in [4.69, 9.17) is 0 Å². The molecule has 0 bridgehead atoms. The Bertz CT molecular complexity index is 287. The van der Waals surface area contributed by atoms with E-state index in [2.05, 4.69) is 0 Å². The van der Waals surface area contributed by atoms with Gasteiger partial charge in [0.1, 0.15) is 0 Å². The number of H-pyrrole nitrogens is 3. The van der Waals surface area contributed by atoms with Gasteiger partial charge in [0, 0.05) is 0 Å². The van der Waals surface area contributed by atoms with Crippen LogP contribution in [0.25, 0.3) is 0 Å². The van der Waals surface area contributed by atoms with Crippen molar-refractivity contribution in [3.63, 3.8) is 0 Å². The summed E-state index contributed by atoms with van der Waals surface area (Å²) in [7, 11) is 0. The van der Waals surface area contributed by atoms with Crippen LogP contribution >= 0.6 is 37.2 Å². The number of aromatic amines is 3. The summed E-state index contributed by atoms with van der Waals surface area (Å²) in [5.41, 5.74) is -2.41. The van der Waals surface area contributed by atoms with E-state index in [-0.39, 0.29) is 37.2 Å². The lowest BCUT2D eigenvalue weighted by Crippen LogP contribution is -2.34. The Hall–Kier alpha value is -0.720. The lowest BCUT2D eigenvalue weighted by molar-refractivity contribution is 0.888. The molecule has 1 aromatic rings. The zero-order chi connectivity index (χ0) is 6.85. The normalized spacial score (nSPS) is 7.00. The van der Waals surface area contributed by atoms with Crippen molar-refractivity contribution in [1.29, 1.82) is 0 Å². The van der Waals surface area contributed by atoms with Crippen molar-refractivity contribution in [3.8, 4) is 0 Å². The molecular formula is C3H6Cl3N3O3. The zero-order valence-electron chi connectivity index (χ0n) is 5.45. The molecule has 0 aliphatic rings. The Balaban J connectivity index is -0.000000270. The quantitative estimate of drug-likeness (QED) is 0.541. The van der Waals surface area contributed by atoms with Crippen molar-refractivity contribution < 1.29 is 0 Å². The summed E-state index contributed by atoms with van der Waals surface area (Å²) in [6.45, 7) is 0. The molecule has 12 heavy (non-hydrogen) atoms. The van der Waals surface area contributed by atoms with Crippen LogP contribution < -0.4 is 17.1 Å². The molecule has 0 atom stereocenters. The van der Waals surface area contributed by atoms with Gasteiger partial charge in [0.15, 0.2) is 0 Å². The molecule has 0 saturated carbocycles. The van der Waals surface area contributed by atoms with E-state index in [1.54, 1.807) is 15.0 Å². The van der Waals surface area contributed by atoms with E-state index in [9.17, 15) is 14.4 Å². The van der Waals surface area contributed by atoms with Crippen LogP contribution in [-0.4, -0.2) is 15.0 Å². The summed E-state index contributed by atoms with van der Waals surface area (Å²) >= 11 is 0. The van der Waals surface area contributed by atoms with E-state index in [0.29, 0.717) is 0 Å². The number of aromatic nitrogens is 3. The summed E-state index contributed by atoms with van der Waals surface area (Å²) in [4.78, 5) is 35.9. The van der Waals surface area contributed by atoms with Crippen LogP contribution in [0, 0.1) is 0 Å². The Morgan fingerprint density at radius 3 is 0.917 bits per heavy atom. The van der Waals surface area contributed by atoms with Crippen molar-refractivity contribution in [1.82, 2.24) is 15.0 Å². The smallest absolute Gasteiger partial charge is 0.259 e. The summed E-state index contributed by atoms with van der Waals surface area (Å²) in [6, 6.07) is 0. The number of halogens is 3. The number of hydrogen-bond acceptors (Lipinski definition) is 3. The first-order valence-electron chi connectivity index (χ1n) is 2.11. The fraction of sp³-hybridized carbons (Fsp3) is 0. The predicted octanol–water partition coefficient (Wildman–Crippen LogP) is -0.983. The highest BCUT2D eigenvalue weighted by atomic mass is 35.5. The van der Waals surface area contributed by atoms with Crippen molar-refractivity contribution in [2.75, 3.05) is 0 Å². The van der Waals surface area contributed by atoms with Gasteiger partial charge in [0.2, 0.25) is 0 Å². The first-order valence-corrected chi connectivity index (χ1v) is 2.11. The fourth-order valence-corrected chi connectivity index (χ4v) is 0.403. The van der Waals surface area contributed by atoms with Gasteiger partial charge in [0.05, 0.1) is 0 Å². The van der Waals surface area contributed by atoms with Crippen LogP contribution in [0.5, 0.6) is 0 Å². The lowest BCUT2D eigenvalue weighted by Gasteiger charge is -1.77. The van der Waals surface area contributed by atoms with Crippen LogP contribution in [0.15, 0.2) is 14.4 Å². The zero-order valence-corrected chi connectivity index (χ0v) is 7.90. The van der Waals surface area contributed by atoms with Gasteiger partial charge >= 0.3 is 17.1 Å². The first kappa shape index (κ1) is 17.4. The second-order valence-electron chi connectivity index (χ2n) is 1.36. The molecule has 0 aliphatic heterocycles. The van der Waals surface area contributed by atoms with Gasteiger partial charge in [0.25, 0.3) is 0 Å². The molecule has 6 nitrogen and oxygen atoms in total. The Labute approximate surface area is 84.0 Å². The molecule has 0 unspecified atom stereocenters. The van der Waals surface area contributed by atoms with Crippen LogP contribution in [0.4, 0.5) is 0 Å². The molecule has 0 radical (unpaired) electrons. The summed E-state index contributed by atoms with van der Waals surface area (Å²) < 4.78 is 0. The molecule has 9 heteroatoms. The van der Waals surface area contributed by atoms with Crippen molar-refractivity contribution in [2.45, 2.75) is 0 Å². The van der Waals surface area contributed by atoms with E-state index in [1.807, 2.05) is 0 Å². The highest BCUT2D eigenvalue weighted by Gasteiger charge is 1.84. The molecule has 0 fully saturated rings. The molecule has 1 rings (SSSR count). The first-order chi connectivity index (χ1) is 4.18. The van der Waals surface area contributed by atoms with Gasteiger partial charge in [-0.15, -0.1) is 37.2 Å². The second-order valence-corrected chi connectivity index (χ2v) is 1.36. The maximum absolute atomic E-state index is 10.2. The molecule has 0 aromatic carbocycles. The standard InChI is InChI=1S/C3H3N3O3.3ClH/c7-1-4-2(8)6-3(9)5-1;;;/h(H3,4,5,6,7,8,9);3*1H. The molecule has 1 heterocycles. The van der Waals surface area contributed by atoms with Crippen molar-refractivity contribution in [3.05, 3.63) is 31.5 Å². The molecule has 0 spiro atoms. The van der Waals surface area contributed by atoms with Gasteiger partial charge in [-0.2, -0.15) is 0 Å². The molecule has 0 aliphatic carbocycles. The lowest BCUT2D eigenvalue weighted by atomic mass is 11.0. The number of nitrogens with one attached hydrogen (secondary N) is 3. The Morgan fingerprint density at radius 2 is 0.750 bits per heavy atom. The third-order valence-electron chi connectivity index (χ3n) is 0.681. The number of hydrogen-bond donors (Lipinski definition) is 3. The summed E-state index contributed by atoms with van der Waals surface area (Å²) in [5.74, 6) is 0. The monoisotopic (exact) mass is 237 g/mol. The minimum absolute atomic E-state index is 0. The summed E-state index contributed by atoms with van der Waals surface area (Å²) in [6.07, 6.45) is 0. The fourth-order valence-electron chi connectivity index (χ4n) is 0.403. The largest absolute Gasteiger partial charge is 0.330 e. The second kappa shape index (κ2) is 6.96. The summed E-state index contributed by atoms with van der Waals surface area (Å²) in [5, 5.41) is 0. The van der Waals surface area contributed by atoms with E-state index >= 15 is 0 Å². The van der Waals surface area contributed by atoms with E-state index in [1.165, 1.54) is 0 Å². The third kappa shape index (κ3) is 5.00. The topological polar surface area (TPSA) is 98.6 Å². The minimum atomic E-state index is -0.802. The van der Waals surface area contributed by atoms with Crippen LogP contribution in [0.3, 0.4) is 0 Å². The third-order valence-corrected chi connectivity index (χ3v) is 0.681. The average Bonchev–Trinajstić information content (AvgIpc) is 1.59. The van der Waals surface area contributed by atoms with Crippen LogP contribution in [-0.2, 0) is 0 Å². The predicted molar refractivity (Wildman–Crippen MR) is 50.0 cm³/mol. The van der Waals surface area contributed by atoms with Crippen molar-refractivity contribution in [2.24, 2.45) is 0 Å². The van der Waals surface area contributed by atoms with Gasteiger partial charge < -0.3 is 0 Å². The van der Waals surface area contributed by atoms with Crippen molar-refractivity contribution >= 4 is 37.2 Å². The Morgan fingerprint density at radius 1 is 0.583 bits per heavy atom. The van der Waals surface area contributed by atoms with E-state index in [0.717, 1.165) is 0 Å². The Kier molecular flexibility index (Phi) is 10.1. The molecule has 0 saturated heterocycles. The van der Waals surface area contributed by atoms with Gasteiger partial charge in [-0.25, -0.2) is 14.4 Å². The van der Waals surface area contributed by atoms with Crippen LogP contribution in [0.2, 0.25) is 0 Å². The molecule has 72 valence electrons. The number of rotatable bonds is 0. The van der Waals surface area contributed by atoms with Crippen LogP contribution in [0.1, 0.15) is 0 Å². The van der Waals surface area contributed by atoms with Gasteiger partial charge in [-0.1, -0.05) is 0 Å². The minimum Gasteiger partial charge on any atom is -0.259 e. The van der Waals surface area contributed by atoms with E-state index < -0.39 is 17.1 Å². The maximum atomic E-state index is 10.2. The molecule has 1 aromatic heterocycles. The highest BCUT2D eigenvalue weighted by molar-refractivity contribution is 5.86. The molecular weight excluding hydrogens is 232 g/mol. The highest BCUT2D eigenvalue weighted by Crippen LogP contribution is 1.29. The van der Waals surface area contributed by atoms with Gasteiger partial charge in [-0.05, 0) is 0 Å². The average molecular weight is 238 g/mol. The maximum Gasteiger partial charge on any atom is 0.330 e. The molecule has 3 N–H and O–H groups in total. The van der Waals surface area contributed by atoms with Gasteiger partial charge in [-0.3, -0.25) is 15.0 Å². The SMILES string of the molecule is Cl.Cl.Cl.O=c1[nH]c(=O)[nH]c(=O)[nH]1.